The number of benzene rings is 2. The van der Waals surface area contributed by atoms with Crippen LogP contribution in [0.25, 0.3) is 11.3 Å². The van der Waals surface area contributed by atoms with Gasteiger partial charge in [0.2, 0.25) is 5.95 Å². The number of nitrogens with zero attached hydrogens (tertiary/aromatic N) is 2. The molecule has 0 saturated heterocycles. The monoisotopic (exact) mass is 326 g/mol. The van der Waals surface area contributed by atoms with Crippen molar-refractivity contribution in [3.63, 3.8) is 0 Å². The Hall–Kier alpha value is -2.79. The molecule has 0 aliphatic carbocycles. The minimum absolute atomic E-state index is 0.0975. The molecule has 0 unspecified atom stereocenters. The lowest BCUT2D eigenvalue weighted by atomic mass is 10.1. The predicted molar refractivity (Wildman–Crippen MR) is 93.4 cm³/mol. The van der Waals surface area contributed by atoms with Crippen molar-refractivity contribution in [3.8, 4) is 17.0 Å². The van der Waals surface area contributed by atoms with Gasteiger partial charge < -0.3 is 15.7 Å². The quantitative estimate of drug-likeness (QED) is 0.624. The Morgan fingerprint density at radius 3 is 2.52 bits per heavy atom. The maximum Gasteiger partial charge on any atom is 0.224 e. The zero-order chi connectivity index (χ0) is 16.2. The molecular formula is C17H15ClN4O. The number of nitrogens with one attached hydrogen (secondary N) is 2. The van der Waals surface area contributed by atoms with E-state index in [-0.39, 0.29) is 5.75 Å². The van der Waals surface area contributed by atoms with E-state index in [0.29, 0.717) is 22.5 Å². The van der Waals surface area contributed by atoms with E-state index in [9.17, 15) is 5.11 Å². The molecule has 2 aromatic carbocycles. The van der Waals surface area contributed by atoms with Crippen molar-refractivity contribution in [2.45, 2.75) is 0 Å². The van der Waals surface area contributed by atoms with Gasteiger partial charge in [-0.25, -0.2) is 4.98 Å². The van der Waals surface area contributed by atoms with E-state index in [1.807, 2.05) is 36.4 Å². The van der Waals surface area contributed by atoms with Crippen molar-refractivity contribution in [1.82, 2.24) is 9.97 Å². The van der Waals surface area contributed by atoms with Crippen molar-refractivity contribution in [3.05, 3.63) is 59.6 Å². The number of aromatic nitrogens is 2. The first-order valence-corrected chi connectivity index (χ1v) is 7.41. The molecule has 5 nitrogen and oxygen atoms in total. The topological polar surface area (TPSA) is 70.1 Å². The minimum atomic E-state index is 0.0975. The van der Waals surface area contributed by atoms with Crippen molar-refractivity contribution >= 4 is 29.1 Å². The molecular weight excluding hydrogens is 312 g/mol. The molecule has 116 valence electrons. The summed E-state index contributed by atoms with van der Waals surface area (Å²) < 4.78 is 0. The molecule has 1 aromatic heterocycles. The van der Waals surface area contributed by atoms with E-state index >= 15 is 0 Å². The third-order valence-corrected chi connectivity index (χ3v) is 3.48. The summed E-state index contributed by atoms with van der Waals surface area (Å²) in [5.74, 6) is 1.14. The minimum Gasteiger partial charge on any atom is -0.506 e. The van der Waals surface area contributed by atoms with Gasteiger partial charge in [-0.3, -0.25) is 0 Å². The van der Waals surface area contributed by atoms with Gasteiger partial charge in [-0.2, -0.15) is 4.98 Å². The molecule has 0 aliphatic heterocycles. The SMILES string of the molecule is CNc1nc(Nc2cc(Cl)ccc2O)cc(-c2ccccc2)n1. The van der Waals surface area contributed by atoms with E-state index in [2.05, 4.69) is 20.6 Å². The van der Waals surface area contributed by atoms with Crippen molar-refractivity contribution in [1.29, 1.82) is 0 Å². The first kappa shape index (κ1) is 15.1. The van der Waals surface area contributed by atoms with Gasteiger partial charge in [0.1, 0.15) is 11.6 Å². The summed E-state index contributed by atoms with van der Waals surface area (Å²) in [6.45, 7) is 0. The first-order valence-electron chi connectivity index (χ1n) is 7.03. The second-order valence-corrected chi connectivity index (χ2v) is 5.30. The van der Waals surface area contributed by atoms with Gasteiger partial charge in [-0.05, 0) is 18.2 Å². The number of rotatable bonds is 4. The number of aromatic hydroxyl groups is 1. The molecule has 0 bridgehead atoms. The van der Waals surface area contributed by atoms with E-state index in [1.54, 1.807) is 19.2 Å². The average molecular weight is 327 g/mol. The molecule has 3 rings (SSSR count). The van der Waals surface area contributed by atoms with Gasteiger partial charge in [0.25, 0.3) is 0 Å². The lowest BCUT2D eigenvalue weighted by Crippen LogP contribution is -2.02. The number of phenolic OH excluding ortho intramolecular Hbond substituents is 1. The Kier molecular flexibility index (Phi) is 4.30. The zero-order valence-electron chi connectivity index (χ0n) is 12.4. The summed E-state index contributed by atoms with van der Waals surface area (Å²) in [5.41, 5.74) is 2.23. The average Bonchev–Trinajstić information content (AvgIpc) is 2.58. The Balaban J connectivity index is 2.00. The molecule has 0 saturated carbocycles. The van der Waals surface area contributed by atoms with Crippen molar-refractivity contribution in [2.24, 2.45) is 0 Å². The molecule has 0 radical (unpaired) electrons. The fourth-order valence-corrected chi connectivity index (χ4v) is 2.30. The van der Waals surface area contributed by atoms with Crippen molar-refractivity contribution < 1.29 is 5.11 Å². The third-order valence-electron chi connectivity index (χ3n) is 3.24. The van der Waals surface area contributed by atoms with Gasteiger partial charge in [0.05, 0.1) is 11.4 Å². The Labute approximate surface area is 139 Å². The second kappa shape index (κ2) is 6.54. The molecule has 0 spiro atoms. The van der Waals surface area contributed by atoms with Gasteiger partial charge in [-0.15, -0.1) is 0 Å². The van der Waals surface area contributed by atoms with Crippen LogP contribution in [-0.4, -0.2) is 22.1 Å². The number of anilines is 3. The Morgan fingerprint density at radius 1 is 1.00 bits per heavy atom. The largest absolute Gasteiger partial charge is 0.506 e. The fraction of sp³-hybridized carbons (Fsp3) is 0.0588. The molecule has 0 fully saturated rings. The van der Waals surface area contributed by atoms with E-state index < -0.39 is 0 Å². The van der Waals surface area contributed by atoms with E-state index in [4.69, 9.17) is 11.6 Å². The highest BCUT2D eigenvalue weighted by atomic mass is 35.5. The van der Waals surface area contributed by atoms with Crippen LogP contribution in [0, 0.1) is 0 Å². The highest BCUT2D eigenvalue weighted by Gasteiger charge is 2.08. The molecule has 3 N–H and O–H groups in total. The zero-order valence-corrected chi connectivity index (χ0v) is 13.2. The van der Waals surface area contributed by atoms with Crippen LogP contribution >= 0.6 is 11.6 Å². The van der Waals surface area contributed by atoms with Crippen LogP contribution in [0.4, 0.5) is 17.5 Å². The number of hydrogen-bond acceptors (Lipinski definition) is 5. The summed E-state index contributed by atoms with van der Waals surface area (Å²) >= 11 is 5.97. The lowest BCUT2D eigenvalue weighted by Gasteiger charge is -2.11. The highest BCUT2D eigenvalue weighted by Crippen LogP contribution is 2.30. The summed E-state index contributed by atoms with van der Waals surface area (Å²) in [5, 5.41) is 16.5. The molecule has 23 heavy (non-hydrogen) atoms. The first-order chi connectivity index (χ1) is 11.2. The van der Waals surface area contributed by atoms with Crippen LogP contribution in [0.2, 0.25) is 5.02 Å². The van der Waals surface area contributed by atoms with Gasteiger partial charge in [-0.1, -0.05) is 41.9 Å². The number of phenols is 1. The molecule has 3 aromatic rings. The van der Waals surface area contributed by atoms with Crippen LogP contribution < -0.4 is 10.6 Å². The molecule has 1 heterocycles. The third kappa shape index (κ3) is 3.52. The number of hydrogen-bond donors (Lipinski definition) is 3. The number of halogens is 1. The standard InChI is InChI=1S/C17H15ClN4O/c1-19-17-21-13(11-5-3-2-4-6-11)10-16(22-17)20-14-9-12(18)7-8-15(14)23/h2-10,23H,1H3,(H2,19,20,21,22). The smallest absolute Gasteiger partial charge is 0.224 e. The Morgan fingerprint density at radius 2 is 1.78 bits per heavy atom. The van der Waals surface area contributed by atoms with Crippen LogP contribution in [-0.2, 0) is 0 Å². The maximum absolute atomic E-state index is 9.93. The molecule has 0 aliphatic rings. The van der Waals surface area contributed by atoms with Crippen molar-refractivity contribution in [2.75, 3.05) is 17.7 Å². The van der Waals surface area contributed by atoms with Gasteiger partial charge >= 0.3 is 0 Å². The summed E-state index contributed by atoms with van der Waals surface area (Å²) in [7, 11) is 1.75. The normalized spacial score (nSPS) is 10.3. The fourth-order valence-electron chi connectivity index (χ4n) is 2.13. The van der Waals surface area contributed by atoms with Crippen LogP contribution in [0.5, 0.6) is 5.75 Å². The van der Waals surface area contributed by atoms with E-state index in [1.165, 1.54) is 6.07 Å². The van der Waals surface area contributed by atoms with Crippen LogP contribution in [0.15, 0.2) is 54.6 Å². The molecule has 0 amide bonds. The predicted octanol–water partition coefficient (Wildman–Crippen LogP) is 4.29. The summed E-state index contributed by atoms with van der Waals surface area (Å²) in [6.07, 6.45) is 0. The van der Waals surface area contributed by atoms with Gasteiger partial charge in [0, 0.05) is 23.7 Å². The van der Waals surface area contributed by atoms with Crippen LogP contribution in [0.1, 0.15) is 0 Å². The van der Waals surface area contributed by atoms with Crippen LogP contribution in [0.3, 0.4) is 0 Å². The molecule has 6 heteroatoms. The Bertz CT molecular complexity index is 824. The van der Waals surface area contributed by atoms with E-state index in [0.717, 1.165) is 11.3 Å². The lowest BCUT2D eigenvalue weighted by molar-refractivity contribution is 0.477. The van der Waals surface area contributed by atoms with Gasteiger partial charge in [0.15, 0.2) is 0 Å². The highest BCUT2D eigenvalue weighted by molar-refractivity contribution is 6.30. The maximum atomic E-state index is 9.93. The molecule has 0 atom stereocenters. The summed E-state index contributed by atoms with van der Waals surface area (Å²) in [6, 6.07) is 16.4. The summed E-state index contributed by atoms with van der Waals surface area (Å²) in [4.78, 5) is 8.81. The second-order valence-electron chi connectivity index (χ2n) is 4.86.